The van der Waals surface area contributed by atoms with Crippen LogP contribution in [-0.4, -0.2) is 0 Å². The van der Waals surface area contributed by atoms with Gasteiger partial charge in [0.25, 0.3) is 0 Å². The Morgan fingerprint density at radius 2 is 1.80 bits per heavy atom. The van der Waals surface area contributed by atoms with Gasteiger partial charge in [-0.2, -0.15) is 6.20 Å². The van der Waals surface area contributed by atoms with Gasteiger partial charge in [0.15, 0.2) is 0 Å². The van der Waals surface area contributed by atoms with E-state index in [0.717, 1.165) is 5.52 Å². The zero-order chi connectivity index (χ0) is 6.10. The summed E-state index contributed by atoms with van der Waals surface area (Å²) in [4.78, 5) is 4.12. The molecule has 1 heterocycles. The third-order valence-electron chi connectivity index (χ3n) is 1.40. The molecule has 0 spiro atoms. The zero-order valence-electron chi connectivity index (χ0n) is 5.62. The Morgan fingerprint density at radius 3 is 2.60 bits per heavy atom. The monoisotopic (exact) mass is 383 g/mol. The van der Waals surface area contributed by atoms with E-state index in [0.29, 0.717) is 0 Å². The molecule has 46 valence electrons. The maximum atomic E-state index is 4.12. The number of fused-ring (bicyclic) bond motifs is 1. The number of nitrogens with zero attached hydrogens (tertiary/aromatic N) is 1. The fourth-order valence-electron chi connectivity index (χ4n) is 0.944. The van der Waals surface area contributed by atoms with Gasteiger partial charge in [-0.1, -0.05) is 30.3 Å². The van der Waals surface area contributed by atoms with Gasteiger partial charge < -0.3 is 4.98 Å². The second kappa shape index (κ2) is 1.94. The van der Waals surface area contributed by atoms with Gasteiger partial charge >= 0.3 is 0 Å². The second-order valence-corrected chi connectivity index (χ2v) is 2.00. The van der Waals surface area contributed by atoms with Crippen LogP contribution in [0.5, 0.6) is 0 Å². The van der Waals surface area contributed by atoms with Gasteiger partial charge in [-0.15, -0.1) is 5.52 Å². The molecule has 0 N–H and O–H groups in total. The van der Waals surface area contributed by atoms with Crippen LogP contribution < -0.4 is 4.98 Å². The molecule has 0 radical (unpaired) electrons. The molecule has 0 unspecified atom stereocenters. The van der Waals surface area contributed by atoms with E-state index in [1.807, 2.05) is 30.5 Å². The summed E-state index contributed by atoms with van der Waals surface area (Å²) >= 11 is 0. The molecule has 0 bridgehead atoms. The quantitative estimate of drug-likeness (QED) is 0.677. The number of benzene rings is 1. The first kappa shape index (κ1) is 5.89. The summed E-state index contributed by atoms with van der Waals surface area (Å²) in [7, 11) is 0. The predicted octanol–water partition coefficient (Wildman–Crippen LogP) is 1.80. The van der Waals surface area contributed by atoms with Crippen molar-refractivity contribution in [1.29, 1.82) is 0 Å². The van der Waals surface area contributed by atoms with Gasteiger partial charge in [-0.3, -0.25) is 0 Å². The SMILES string of the molecule is [Rf].c1ccc2[n-]ccc2c1. The minimum atomic E-state index is 0. The van der Waals surface area contributed by atoms with Gasteiger partial charge in [0.05, 0.1) is 0 Å². The van der Waals surface area contributed by atoms with Crippen LogP contribution in [0.25, 0.3) is 10.9 Å². The van der Waals surface area contributed by atoms with Crippen molar-refractivity contribution in [2.75, 3.05) is 0 Å². The van der Waals surface area contributed by atoms with Gasteiger partial charge in [0, 0.05) is 0 Å². The van der Waals surface area contributed by atoms with Gasteiger partial charge in [-0.25, -0.2) is 0 Å². The predicted molar refractivity (Wildman–Crippen MR) is 37.3 cm³/mol. The fourth-order valence-corrected chi connectivity index (χ4v) is 0.944. The van der Waals surface area contributed by atoms with E-state index in [2.05, 4.69) is 11.1 Å². The molecule has 10 heavy (non-hydrogen) atoms. The van der Waals surface area contributed by atoms with E-state index < -0.39 is 0 Å². The van der Waals surface area contributed by atoms with Gasteiger partial charge in [-0.05, 0) is 5.39 Å². The van der Waals surface area contributed by atoms with Gasteiger partial charge in [0.2, 0.25) is 0 Å². The second-order valence-electron chi connectivity index (χ2n) is 2.00. The molecule has 1 aromatic carbocycles. The van der Waals surface area contributed by atoms with E-state index in [1.54, 1.807) is 0 Å². The average molecular weight is 383 g/mol. The molecule has 2 aromatic rings. The van der Waals surface area contributed by atoms with E-state index in [-0.39, 0.29) is 0 Å². The van der Waals surface area contributed by atoms with Crippen molar-refractivity contribution >= 4 is 10.9 Å². The van der Waals surface area contributed by atoms with Crippen LogP contribution in [0.3, 0.4) is 0 Å². The molecule has 0 aliphatic carbocycles. The van der Waals surface area contributed by atoms with Crippen LogP contribution in [0.2, 0.25) is 0 Å². The first-order valence-corrected chi connectivity index (χ1v) is 2.93. The van der Waals surface area contributed by atoms with Crippen molar-refractivity contribution in [2.24, 2.45) is 0 Å². The van der Waals surface area contributed by atoms with Crippen LogP contribution in [0.4, 0.5) is 0 Å². The summed E-state index contributed by atoms with van der Waals surface area (Å²) in [6, 6.07) is 10.1. The van der Waals surface area contributed by atoms with Crippen LogP contribution in [0.15, 0.2) is 36.5 Å². The molecule has 0 saturated carbocycles. The van der Waals surface area contributed by atoms with Crippen LogP contribution in [-0.2, 0) is 0 Å². The third-order valence-corrected chi connectivity index (χ3v) is 1.40. The zero-order valence-corrected chi connectivity index (χ0v) is 12.0. The summed E-state index contributed by atoms with van der Waals surface area (Å²) in [6.45, 7) is 0. The summed E-state index contributed by atoms with van der Waals surface area (Å²) in [5.74, 6) is 0. The number of hydrogen-bond acceptors (Lipinski definition) is 0. The Labute approximate surface area is 53.3 Å². The maximum absolute atomic E-state index is 4.12. The standard InChI is InChI=1S/C8H6N.Rf/c1-2-4-8-7(3-1)5-6-9-8;/h1-6H;/q-1;. The van der Waals surface area contributed by atoms with Crippen molar-refractivity contribution in [3.05, 3.63) is 36.5 Å². The molecule has 0 atom stereocenters. The Hall–Kier alpha value is -2.24. The average Bonchev–Trinajstić information content (AvgIpc) is 2.33. The molecule has 2 rings (SSSR count). The molecule has 1 aromatic heterocycles. The van der Waals surface area contributed by atoms with Crippen LogP contribution in [0, 0.1) is 0 Å². The van der Waals surface area contributed by atoms with Crippen molar-refractivity contribution in [3.8, 4) is 0 Å². The summed E-state index contributed by atoms with van der Waals surface area (Å²) in [5, 5.41) is 1.22. The molecule has 2 heteroatoms. The first-order chi connectivity index (χ1) is 4.47. The van der Waals surface area contributed by atoms with Crippen molar-refractivity contribution in [1.82, 2.24) is 4.98 Å². The van der Waals surface area contributed by atoms with Crippen molar-refractivity contribution in [2.45, 2.75) is 0 Å². The molecule has 0 fully saturated rings. The Morgan fingerprint density at radius 1 is 1.00 bits per heavy atom. The largest absolute Gasteiger partial charge is 0.664 e. The Bertz CT molecular complexity index is 283. The van der Waals surface area contributed by atoms with E-state index >= 15 is 0 Å². The minimum absolute atomic E-state index is 0. The smallest absolute Gasteiger partial charge is 0 e. The maximum Gasteiger partial charge on any atom is 0 e. The van der Waals surface area contributed by atoms with E-state index in [4.69, 9.17) is 0 Å². The van der Waals surface area contributed by atoms with Crippen LogP contribution in [0.1, 0.15) is 0 Å². The van der Waals surface area contributed by atoms with E-state index in [9.17, 15) is 0 Å². The normalized spacial score (nSPS) is 9.20. The van der Waals surface area contributed by atoms with Gasteiger partial charge in [0.1, 0.15) is 0 Å². The molecule has 0 saturated heterocycles. The summed E-state index contributed by atoms with van der Waals surface area (Å²) < 4.78 is 0. The Balaban J connectivity index is 0.000000500. The van der Waals surface area contributed by atoms with Crippen molar-refractivity contribution < 1.29 is 0 Å². The molecule has 0 aliphatic heterocycles. The molecule has 1 nitrogen and oxygen atoms in total. The van der Waals surface area contributed by atoms with Crippen LogP contribution >= 0.6 is 0 Å². The number of aromatic nitrogens is 1. The number of rotatable bonds is 0. The summed E-state index contributed by atoms with van der Waals surface area (Å²) in [6.07, 6.45) is 1.82. The summed E-state index contributed by atoms with van der Waals surface area (Å²) in [5.41, 5.74) is 1.08. The molecular formula is C8H6NRf-. The fraction of sp³-hybridized carbons (Fsp3) is 0. The molecule has 0 amide bonds. The number of hydrogen-bond donors (Lipinski definition) is 0. The molecular weight excluding hydrogens is 377 g/mol. The Kier molecular flexibility index (Phi) is 1.14. The topological polar surface area (TPSA) is 14.1 Å². The van der Waals surface area contributed by atoms with Crippen molar-refractivity contribution in [3.63, 3.8) is 0 Å². The first-order valence-electron chi connectivity index (χ1n) is 2.93. The molecule has 0 aliphatic rings. The minimum Gasteiger partial charge on any atom is -0.664 e. The number of para-hydroxylation sites is 1. The third kappa shape index (κ3) is 0.599. The van der Waals surface area contributed by atoms with E-state index in [1.165, 1.54) is 5.39 Å².